The Bertz CT molecular complexity index is 1700. The molecule has 1 atom stereocenters. The lowest BCUT2D eigenvalue weighted by molar-refractivity contribution is -0.167. The van der Waals surface area contributed by atoms with Gasteiger partial charge in [-0.2, -0.15) is 13.2 Å². The van der Waals surface area contributed by atoms with Crippen molar-refractivity contribution in [2.45, 2.75) is 45.1 Å². The molecule has 3 rings (SSSR count). The van der Waals surface area contributed by atoms with Gasteiger partial charge < -0.3 is 33.9 Å². The first-order valence-corrected chi connectivity index (χ1v) is 16.4. The Labute approximate surface area is 297 Å². The number of carbonyl (C=O) groups excluding carboxylic acids is 3. The molecular formula is C35H39F4N3O8S. The zero-order valence-electron chi connectivity index (χ0n) is 29.1. The number of ketones is 1. The molecule has 0 spiro atoms. The van der Waals surface area contributed by atoms with Crippen LogP contribution in [0.4, 0.5) is 23.2 Å². The molecule has 3 aromatic rings. The van der Waals surface area contributed by atoms with E-state index in [9.17, 15) is 27.6 Å². The molecule has 51 heavy (non-hydrogen) atoms. The van der Waals surface area contributed by atoms with Crippen molar-refractivity contribution in [1.82, 2.24) is 4.90 Å². The highest BCUT2D eigenvalue weighted by molar-refractivity contribution is 8.13. The molecule has 0 radical (unpaired) electrons. The van der Waals surface area contributed by atoms with Crippen LogP contribution in [0.5, 0.6) is 23.0 Å². The van der Waals surface area contributed by atoms with Gasteiger partial charge in [0.15, 0.2) is 11.0 Å². The normalized spacial score (nSPS) is 12.7. The number of nitrogens with zero attached hydrogens (tertiary/aromatic N) is 2. The number of benzene rings is 3. The summed E-state index contributed by atoms with van der Waals surface area (Å²) in [6.45, 7) is 2.19. The molecule has 3 aromatic carbocycles. The minimum absolute atomic E-state index is 0.156. The standard InChI is InChI=1S/C35H39F4N3O8S/c1-21(43)50-20-25(44)17-34(2,28-14-24(10-13-29(28)36)40-32(45)35(37,38)39)41-33(51-7)42(18-22-8-11-26(46-3)15-30(22)48-5)19-23-9-12-27(47-4)16-31(23)49-6/h8-16H,17-20H2,1-7H3,(H,40,45)/t34-/m0/s1. The number of ether oxygens (including phenoxy) is 5. The topological polar surface area (TPSA) is 125 Å². The molecule has 0 bridgehead atoms. The van der Waals surface area contributed by atoms with Crippen LogP contribution in [0.2, 0.25) is 0 Å². The molecule has 16 heteroatoms. The van der Waals surface area contributed by atoms with E-state index in [-0.39, 0.29) is 29.5 Å². The number of hydrogen-bond acceptors (Lipinski definition) is 10. The van der Waals surface area contributed by atoms with Gasteiger partial charge in [0, 0.05) is 60.9 Å². The third-order valence-corrected chi connectivity index (χ3v) is 8.26. The number of alkyl halides is 3. The first-order valence-electron chi connectivity index (χ1n) is 15.2. The van der Waals surface area contributed by atoms with Crippen LogP contribution < -0.4 is 24.3 Å². The Balaban J connectivity index is 2.26. The first kappa shape index (κ1) is 40.4. The lowest BCUT2D eigenvalue weighted by Gasteiger charge is -2.32. The number of carbonyl (C=O) groups is 3. The van der Waals surface area contributed by atoms with Crippen molar-refractivity contribution in [3.63, 3.8) is 0 Å². The summed E-state index contributed by atoms with van der Waals surface area (Å²) in [6, 6.07) is 13.3. The maximum atomic E-state index is 15.7. The van der Waals surface area contributed by atoms with E-state index in [4.69, 9.17) is 28.7 Å². The minimum Gasteiger partial charge on any atom is -0.497 e. The molecule has 0 saturated carbocycles. The van der Waals surface area contributed by atoms with Crippen molar-refractivity contribution in [2.24, 2.45) is 4.99 Å². The average Bonchev–Trinajstić information content (AvgIpc) is 3.09. The van der Waals surface area contributed by atoms with E-state index in [1.165, 1.54) is 35.4 Å². The number of hydrogen-bond donors (Lipinski definition) is 1. The van der Waals surface area contributed by atoms with Gasteiger partial charge >= 0.3 is 18.1 Å². The fraction of sp³-hybridized carbons (Fsp3) is 0.371. The van der Waals surface area contributed by atoms with Crippen LogP contribution in [0, 0.1) is 5.82 Å². The van der Waals surface area contributed by atoms with Gasteiger partial charge in [0.2, 0.25) is 0 Å². The number of esters is 1. The van der Waals surface area contributed by atoms with Crippen LogP contribution in [-0.4, -0.2) is 75.2 Å². The van der Waals surface area contributed by atoms with E-state index >= 15 is 4.39 Å². The highest BCUT2D eigenvalue weighted by atomic mass is 32.2. The molecule has 0 saturated heterocycles. The second kappa shape index (κ2) is 17.8. The van der Waals surface area contributed by atoms with Crippen LogP contribution >= 0.6 is 11.8 Å². The summed E-state index contributed by atoms with van der Waals surface area (Å²) in [5.41, 5.74) is -1.08. The summed E-state index contributed by atoms with van der Waals surface area (Å²) < 4.78 is 81.8. The van der Waals surface area contributed by atoms with E-state index in [0.717, 1.165) is 36.9 Å². The molecule has 0 aromatic heterocycles. The van der Waals surface area contributed by atoms with Crippen LogP contribution in [0.1, 0.15) is 37.0 Å². The largest absolute Gasteiger partial charge is 0.497 e. The van der Waals surface area contributed by atoms with Crippen LogP contribution in [0.25, 0.3) is 0 Å². The summed E-state index contributed by atoms with van der Waals surface area (Å²) in [5.74, 6) is -2.49. The molecule has 0 heterocycles. The number of aliphatic imine (C=N–C) groups is 1. The monoisotopic (exact) mass is 737 g/mol. The van der Waals surface area contributed by atoms with Gasteiger partial charge in [-0.25, -0.2) is 4.39 Å². The average molecular weight is 738 g/mol. The molecule has 0 fully saturated rings. The number of thioether (sulfide) groups is 1. The van der Waals surface area contributed by atoms with E-state index < -0.39 is 48.2 Å². The lowest BCUT2D eigenvalue weighted by atomic mass is 9.86. The number of anilines is 1. The highest BCUT2D eigenvalue weighted by Crippen LogP contribution is 2.37. The quantitative estimate of drug-likeness (QED) is 0.0798. The highest BCUT2D eigenvalue weighted by Gasteiger charge is 2.39. The predicted octanol–water partition coefficient (Wildman–Crippen LogP) is 6.52. The van der Waals surface area contributed by atoms with Gasteiger partial charge in [0.25, 0.3) is 0 Å². The maximum absolute atomic E-state index is 15.7. The molecule has 0 aliphatic rings. The third kappa shape index (κ3) is 11.0. The van der Waals surface area contributed by atoms with Crippen molar-refractivity contribution < 1.29 is 55.6 Å². The zero-order valence-corrected chi connectivity index (χ0v) is 29.9. The number of amidine groups is 1. The van der Waals surface area contributed by atoms with Crippen molar-refractivity contribution in [3.8, 4) is 23.0 Å². The SMILES string of the molecule is COc1ccc(CN(Cc2ccc(OC)cc2OC)C(=N[C@@](C)(CC(=O)COC(C)=O)c2cc(NC(=O)C(F)(F)F)ccc2F)SC)c(OC)c1. The van der Waals surface area contributed by atoms with E-state index in [1.54, 1.807) is 48.0 Å². The summed E-state index contributed by atoms with van der Waals surface area (Å²) in [6.07, 6.45) is -4.04. The fourth-order valence-electron chi connectivity index (χ4n) is 5.05. The first-order chi connectivity index (χ1) is 24.1. The van der Waals surface area contributed by atoms with Crippen LogP contribution in [-0.2, 0) is 37.7 Å². The molecule has 0 aliphatic heterocycles. The number of amides is 1. The second-order valence-electron chi connectivity index (χ2n) is 11.2. The Morgan fingerprint density at radius 3 is 1.84 bits per heavy atom. The lowest BCUT2D eigenvalue weighted by Crippen LogP contribution is -2.34. The Hall–Kier alpha value is -4.99. The smallest absolute Gasteiger partial charge is 0.471 e. The Morgan fingerprint density at radius 2 is 1.39 bits per heavy atom. The van der Waals surface area contributed by atoms with Gasteiger partial charge in [-0.3, -0.25) is 19.4 Å². The van der Waals surface area contributed by atoms with Crippen molar-refractivity contribution in [1.29, 1.82) is 0 Å². The molecule has 11 nitrogen and oxygen atoms in total. The Kier molecular flexibility index (Phi) is 14.1. The fourth-order valence-corrected chi connectivity index (χ4v) is 5.73. The number of nitrogens with one attached hydrogen (secondary N) is 1. The summed E-state index contributed by atoms with van der Waals surface area (Å²) in [5, 5.41) is 1.99. The number of rotatable bonds is 15. The van der Waals surface area contributed by atoms with Gasteiger partial charge in [-0.15, -0.1) is 0 Å². The molecular weight excluding hydrogens is 698 g/mol. The number of methoxy groups -OCH3 is 4. The van der Waals surface area contributed by atoms with Crippen LogP contribution in [0.15, 0.2) is 59.6 Å². The van der Waals surface area contributed by atoms with E-state index in [1.807, 2.05) is 4.90 Å². The van der Waals surface area contributed by atoms with Gasteiger partial charge in [0.1, 0.15) is 35.4 Å². The predicted molar refractivity (Wildman–Crippen MR) is 184 cm³/mol. The van der Waals surface area contributed by atoms with Crippen LogP contribution in [0.3, 0.4) is 0 Å². The number of Topliss-reactive ketones (excluding diaryl/α,β-unsaturated/α-hetero) is 1. The third-order valence-electron chi connectivity index (χ3n) is 7.55. The van der Waals surface area contributed by atoms with Crippen molar-refractivity contribution in [3.05, 3.63) is 77.1 Å². The molecule has 1 amide bonds. The van der Waals surface area contributed by atoms with Gasteiger partial charge in [0.05, 0.1) is 34.0 Å². The maximum Gasteiger partial charge on any atom is 0.471 e. The van der Waals surface area contributed by atoms with Crippen molar-refractivity contribution in [2.75, 3.05) is 46.6 Å². The molecule has 1 N–H and O–H groups in total. The van der Waals surface area contributed by atoms with Gasteiger partial charge in [-0.1, -0.05) is 11.8 Å². The van der Waals surface area contributed by atoms with Gasteiger partial charge in [-0.05, 0) is 55.6 Å². The summed E-state index contributed by atoms with van der Waals surface area (Å²) in [4.78, 5) is 43.1. The second-order valence-corrected chi connectivity index (χ2v) is 12.0. The van der Waals surface area contributed by atoms with E-state index in [0.29, 0.717) is 34.1 Å². The molecule has 0 aliphatic carbocycles. The summed E-state index contributed by atoms with van der Waals surface area (Å²) >= 11 is 1.16. The Morgan fingerprint density at radius 1 is 0.843 bits per heavy atom. The zero-order chi connectivity index (χ0) is 37.9. The summed E-state index contributed by atoms with van der Waals surface area (Å²) in [7, 11) is 6.03. The van der Waals surface area contributed by atoms with E-state index in [2.05, 4.69) is 0 Å². The minimum atomic E-state index is -5.21. The number of halogens is 4. The molecule has 0 unspecified atom stereocenters. The van der Waals surface area contributed by atoms with Crippen molar-refractivity contribution >= 4 is 40.3 Å². The molecule has 276 valence electrons.